The predicted molar refractivity (Wildman–Crippen MR) is 59.7 cm³/mol. The SMILES string of the molecule is C[C@H]1Cc2noc(-c3ccc(F)cn3)c2CN1. The topological polar surface area (TPSA) is 51.0 Å². The van der Waals surface area contributed by atoms with E-state index < -0.39 is 0 Å². The number of fused-ring (bicyclic) bond motifs is 1. The number of pyridine rings is 1. The first kappa shape index (κ1) is 10.4. The molecule has 17 heavy (non-hydrogen) atoms. The first-order valence-electron chi connectivity index (χ1n) is 5.57. The molecule has 1 atom stereocenters. The number of hydrogen-bond acceptors (Lipinski definition) is 4. The van der Waals surface area contributed by atoms with Gasteiger partial charge in [-0.15, -0.1) is 0 Å². The lowest BCUT2D eigenvalue weighted by Crippen LogP contribution is -2.32. The molecule has 0 aliphatic carbocycles. The van der Waals surface area contributed by atoms with Crippen molar-refractivity contribution in [3.63, 3.8) is 0 Å². The van der Waals surface area contributed by atoms with Crippen molar-refractivity contribution in [3.8, 4) is 11.5 Å². The van der Waals surface area contributed by atoms with Crippen LogP contribution >= 0.6 is 0 Å². The Balaban J connectivity index is 2.02. The van der Waals surface area contributed by atoms with Crippen LogP contribution in [-0.4, -0.2) is 16.2 Å². The molecule has 1 aliphatic heterocycles. The van der Waals surface area contributed by atoms with E-state index in [-0.39, 0.29) is 5.82 Å². The van der Waals surface area contributed by atoms with E-state index in [2.05, 4.69) is 22.4 Å². The Morgan fingerprint density at radius 1 is 1.47 bits per heavy atom. The van der Waals surface area contributed by atoms with Crippen LogP contribution in [0.1, 0.15) is 18.2 Å². The van der Waals surface area contributed by atoms with Gasteiger partial charge in [-0.3, -0.25) is 0 Å². The molecular formula is C12H12FN3O. The predicted octanol–water partition coefficient (Wildman–Crippen LogP) is 1.91. The van der Waals surface area contributed by atoms with Gasteiger partial charge in [0.15, 0.2) is 5.76 Å². The van der Waals surface area contributed by atoms with Crippen LogP contribution in [0.15, 0.2) is 22.9 Å². The summed E-state index contributed by atoms with van der Waals surface area (Å²) in [6.07, 6.45) is 2.03. The monoisotopic (exact) mass is 233 g/mol. The summed E-state index contributed by atoms with van der Waals surface area (Å²) in [5, 5.41) is 7.40. The molecule has 1 N–H and O–H groups in total. The highest BCUT2D eigenvalue weighted by Gasteiger charge is 2.23. The van der Waals surface area contributed by atoms with Gasteiger partial charge in [-0.2, -0.15) is 0 Å². The highest BCUT2D eigenvalue weighted by Crippen LogP contribution is 2.27. The molecule has 0 saturated carbocycles. The van der Waals surface area contributed by atoms with Crippen LogP contribution in [-0.2, 0) is 13.0 Å². The van der Waals surface area contributed by atoms with Crippen molar-refractivity contribution in [2.24, 2.45) is 0 Å². The summed E-state index contributed by atoms with van der Waals surface area (Å²) in [6.45, 7) is 2.82. The number of halogens is 1. The second-order valence-electron chi connectivity index (χ2n) is 4.28. The summed E-state index contributed by atoms with van der Waals surface area (Å²) < 4.78 is 18.1. The second kappa shape index (κ2) is 3.92. The van der Waals surface area contributed by atoms with E-state index in [4.69, 9.17) is 4.52 Å². The van der Waals surface area contributed by atoms with Crippen molar-refractivity contribution < 1.29 is 8.91 Å². The van der Waals surface area contributed by atoms with Crippen LogP contribution in [0.5, 0.6) is 0 Å². The first-order valence-corrected chi connectivity index (χ1v) is 5.57. The van der Waals surface area contributed by atoms with Crippen molar-refractivity contribution in [3.05, 3.63) is 35.4 Å². The minimum absolute atomic E-state index is 0.353. The Bertz CT molecular complexity index is 535. The van der Waals surface area contributed by atoms with Crippen molar-refractivity contribution in [1.29, 1.82) is 0 Å². The molecule has 4 nitrogen and oxygen atoms in total. The lowest BCUT2D eigenvalue weighted by Gasteiger charge is -2.18. The van der Waals surface area contributed by atoms with Gasteiger partial charge >= 0.3 is 0 Å². The summed E-state index contributed by atoms with van der Waals surface area (Å²) in [6, 6.07) is 3.38. The van der Waals surface area contributed by atoms with E-state index in [9.17, 15) is 4.39 Å². The summed E-state index contributed by atoms with van der Waals surface area (Å²) in [5.74, 6) is 0.285. The van der Waals surface area contributed by atoms with Crippen molar-refractivity contribution in [2.45, 2.75) is 25.9 Å². The van der Waals surface area contributed by atoms with Crippen molar-refractivity contribution in [2.75, 3.05) is 0 Å². The third-order valence-corrected chi connectivity index (χ3v) is 2.96. The van der Waals surface area contributed by atoms with E-state index in [1.807, 2.05) is 0 Å². The zero-order valence-corrected chi connectivity index (χ0v) is 9.40. The molecule has 0 fully saturated rings. The first-order chi connectivity index (χ1) is 8.24. The van der Waals surface area contributed by atoms with E-state index in [1.165, 1.54) is 12.3 Å². The Morgan fingerprint density at radius 2 is 2.35 bits per heavy atom. The zero-order valence-electron chi connectivity index (χ0n) is 9.40. The third-order valence-electron chi connectivity index (χ3n) is 2.96. The number of nitrogens with zero attached hydrogens (tertiary/aromatic N) is 2. The zero-order chi connectivity index (χ0) is 11.8. The maximum absolute atomic E-state index is 12.8. The van der Waals surface area contributed by atoms with Gasteiger partial charge in [-0.05, 0) is 19.1 Å². The van der Waals surface area contributed by atoms with Crippen LogP contribution in [0, 0.1) is 5.82 Å². The van der Waals surface area contributed by atoms with Crippen LogP contribution in [0.2, 0.25) is 0 Å². The molecule has 2 aromatic heterocycles. The molecular weight excluding hydrogens is 221 g/mol. The maximum Gasteiger partial charge on any atom is 0.189 e. The number of hydrogen-bond donors (Lipinski definition) is 1. The molecule has 0 amide bonds. The van der Waals surface area contributed by atoms with E-state index in [1.54, 1.807) is 6.07 Å². The summed E-state index contributed by atoms with van der Waals surface area (Å²) in [4.78, 5) is 4.01. The van der Waals surface area contributed by atoms with E-state index in [0.29, 0.717) is 24.0 Å². The number of nitrogens with one attached hydrogen (secondary N) is 1. The highest BCUT2D eigenvalue weighted by atomic mass is 19.1. The quantitative estimate of drug-likeness (QED) is 0.817. The lowest BCUT2D eigenvalue weighted by atomic mass is 10.0. The average Bonchev–Trinajstić information content (AvgIpc) is 2.73. The Kier molecular flexibility index (Phi) is 2.40. The van der Waals surface area contributed by atoms with Crippen LogP contribution < -0.4 is 5.32 Å². The fourth-order valence-electron chi connectivity index (χ4n) is 2.03. The molecule has 0 bridgehead atoms. The smallest absolute Gasteiger partial charge is 0.189 e. The Morgan fingerprint density at radius 3 is 3.12 bits per heavy atom. The fraction of sp³-hybridized carbons (Fsp3) is 0.333. The molecule has 0 aromatic carbocycles. The lowest BCUT2D eigenvalue weighted by molar-refractivity contribution is 0.417. The Labute approximate surface area is 97.8 Å². The van der Waals surface area contributed by atoms with Gasteiger partial charge in [-0.25, -0.2) is 9.37 Å². The highest BCUT2D eigenvalue weighted by molar-refractivity contribution is 5.58. The molecule has 0 radical (unpaired) electrons. The molecule has 0 saturated heterocycles. The molecule has 5 heteroatoms. The normalized spacial score (nSPS) is 19.1. The Hall–Kier alpha value is -1.75. The van der Waals surface area contributed by atoms with Gasteiger partial charge in [0.2, 0.25) is 0 Å². The molecule has 1 aliphatic rings. The van der Waals surface area contributed by atoms with Crippen LogP contribution in [0.3, 0.4) is 0 Å². The largest absolute Gasteiger partial charge is 0.354 e. The van der Waals surface area contributed by atoms with Gasteiger partial charge in [0.25, 0.3) is 0 Å². The van der Waals surface area contributed by atoms with E-state index in [0.717, 1.165) is 17.7 Å². The van der Waals surface area contributed by atoms with Crippen LogP contribution in [0.25, 0.3) is 11.5 Å². The fourth-order valence-corrected chi connectivity index (χ4v) is 2.03. The average molecular weight is 233 g/mol. The summed E-state index contributed by atoms with van der Waals surface area (Å²) >= 11 is 0. The summed E-state index contributed by atoms with van der Waals surface area (Å²) in [7, 11) is 0. The number of aromatic nitrogens is 2. The maximum atomic E-state index is 12.8. The van der Waals surface area contributed by atoms with Gasteiger partial charge in [0.05, 0.1) is 11.9 Å². The minimum Gasteiger partial charge on any atom is -0.354 e. The van der Waals surface area contributed by atoms with Gasteiger partial charge in [0, 0.05) is 24.6 Å². The van der Waals surface area contributed by atoms with Crippen LogP contribution in [0.4, 0.5) is 4.39 Å². The van der Waals surface area contributed by atoms with Gasteiger partial charge < -0.3 is 9.84 Å². The molecule has 0 spiro atoms. The molecule has 88 valence electrons. The minimum atomic E-state index is -0.353. The third kappa shape index (κ3) is 1.82. The summed E-state index contributed by atoms with van der Waals surface area (Å²) in [5.41, 5.74) is 2.62. The molecule has 0 unspecified atom stereocenters. The number of rotatable bonds is 1. The van der Waals surface area contributed by atoms with Gasteiger partial charge in [-0.1, -0.05) is 5.16 Å². The van der Waals surface area contributed by atoms with Crippen molar-refractivity contribution >= 4 is 0 Å². The molecule has 3 rings (SSSR count). The van der Waals surface area contributed by atoms with E-state index >= 15 is 0 Å². The standard InChI is InChI=1S/C12H12FN3O/c1-7-4-11-9(6-14-7)12(17-16-11)10-3-2-8(13)5-15-10/h2-3,5,7,14H,4,6H2,1H3/t7-/m0/s1. The second-order valence-corrected chi connectivity index (χ2v) is 4.28. The van der Waals surface area contributed by atoms with Crippen molar-refractivity contribution in [1.82, 2.24) is 15.5 Å². The van der Waals surface area contributed by atoms with Gasteiger partial charge in [0.1, 0.15) is 11.5 Å². The molecule has 3 heterocycles. The molecule has 2 aromatic rings.